The minimum atomic E-state index is -0.0853. The van der Waals surface area contributed by atoms with Gasteiger partial charge in [0.2, 0.25) is 17.7 Å². The molecule has 8 nitrogen and oxygen atoms in total. The van der Waals surface area contributed by atoms with Crippen LogP contribution < -0.4 is 5.32 Å². The van der Waals surface area contributed by atoms with Gasteiger partial charge in [0.05, 0.1) is 12.2 Å². The molecule has 2 aromatic heterocycles. The molecule has 8 heteroatoms. The normalized spacial score (nSPS) is 15.4. The number of benzene rings is 1. The van der Waals surface area contributed by atoms with Gasteiger partial charge >= 0.3 is 0 Å². The Morgan fingerprint density at radius 2 is 1.93 bits per heavy atom. The van der Waals surface area contributed by atoms with Gasteiger partial charge in [-0.1, -0.05) is 24.6 Å². The molecule has 0 saturated carbocycles. The Hall–Kier alpha value is -3.00. The van der Waals surface area contributed by atoms with Crippen LogP contribution in [0.1, 0.15) is 43.7 Å². The van der Waals surface area contributed by atoms with E-state index in [1.54, 1.807) is 6.20 Å². The lowest BCUT2D eigenvalue weighted by atomic mass is 10.1. The molecule has 0 radical (unpaired) electrons. The average molecular weight is 409 g/mol. The number of amides is 1. The van der Waals surface area contributed by atoms with Gasteiger partial charge in [-0.15, -0.1) is 10.2 Å². The monoisotopic (exact) mass is 408 g/mol. The van der Waals surface area contributed by atoms with Gasteiger partial charge in [-0.05, 0) is 38.4 Å². The van der Waals surface area contributed by atoms with Crippen molar-refractivity contribution in [3.63, 3.8) is 0 Å². The highest BCUT2D eigenvalue weighted by atomic mass is 16.4. The minimum absolute atomic E-state index is 0.0853. The fourth-order valence-corrected chi connectivity index (χ4v) is 3.78. The van der Waals surface area contributed by atoms with Crippen LogP contribution in [0.4, 0.5) is 5.82 Å². The summed E-state index contributed by atoms with van der Waals surface area (Å²) >= 11 is 0. The number of nitrogens with one attached hydrogen (secondary N) is 1. The molecule has 30 heavy (non-hydrogen) atoms. The van der Waals surface area contributed by atoms with Crippen molar-refractivity contribution >= 4 is 11.7 Å². The second kappa shape index (κ2) is 9.21. The summed E-state index contributed by atoms with van der Waals surface area (Å²) in [5, 5.41) is 15.6. The fraction of sp³-hybridized carbons (Fsp3) is 0.455. The van der Waals surface area contributed by atoms with Crippen LogP contribution >= 0.6 is 0 Å². The summed E-state index contributed by atoms with van der Waals surface area (Å²) in [5.74, 6) is 1.60. The van der Waals surface area contributed by atoms with Crippen molar-refractivity contribution in [1.82, 2.24) is 24.9 Å². The Balaban J connectivity index is 1.31. The van der Waals surface area contributed by atoms with Gasteiger partial charge in [0.25, 0.3) is 0 Å². The van der Waals surface area contributed by atoms with Crippen molar-refractivity contribution in [3.05, 3.63) is 48.0 Å². The van der Waals surface area contributed by atoms with Crippen LogP contribution in [0.15, 0.2) is 40.9 Å². The van der Waals surface area contributed by atoms with E-state index in [4.69, 9.17) is 4.42 Å². The third-order valence-electron chi connectivity index (χ3n) is 5.62. The lowest BCUT2D eigenvalue weighted by Gasteiger charge is -2.31. The lowest BCUT2D eigenvalue weighted by Crippen LogP contribution is -2.35. The third-order valence-corrected chi connectivity index (χ3v) is 5.62. The Kier molecular flexibility index (Phi) is 6.23. The van der Waals surface area contributed by atoms with Crippen molar-refractivity contribution in [2.45, 2.75) is 45.6 Å². The van der Waals surface area contributed by atoms with Gasteiger partial charge in [0.1, 0.15) is 5.82 Å². The zero-order valence-electron chi connectivity index (χ0n) is 17.5. The van der Waals surface area contributed by atoms with Crippen LogP contribution in [0.5, 0.6) is 0 Å². The number of anilines is 1. The van der Waals surface area contributed by atoms with E-state index in [1.165, 1.54) is 5.56 Å². The highest BCUT2D eigenvalue weighted by molar-refractivity contribution is 5.89. The first-order valence-electron chi connectivity index (χ1n) is 10.6. The molecule has 3 aromatic rings. The average Bonchev–Trinajstić information content (AvgIpc) is 3.43. The lowest BCUT2D eigenvalue weighted by molar-refractivity contribution is -0.116. The van der Waals surface area contributed by atoms with Crippen molar-refractivity contribution in [1.29, 1.82) is 0 Å². The highest BCUT2D eigenvalue weighted by Crippen LogP contribution is 2.25. The zero-order valence-corrected chi connectivity index (χ0v) is 17.5. The summed E-state index contributed by atoms with van der Waals surface area (Å²) in [5.41, 5.74) is 2.05. The number of aryl methyl sites for hydroxylation is 2. The first-order chi connectivity index (χ1) is 14.6. The predicted molar refractivity (Wildman–Crippen MR) is 114 cm³/mol. The molecule has 1 fully saturated rings. The molecule has 0 bridgehead atoms. The molecule has 0 atom stereocenters. The maximum absolute atomic E-state index is 12.5. The van der Waals surface area contributed by atoms with E-state index in [1.807, 2.05) is 41.9 Å². The Morgan fingerprint density at radius 3 is 2.67 bits per heavy atom. The second-order valence-corrected chi connectivity index (χ2v) is 7.74. The van der Waals surface area contributed by atoms with Crippen molar-refractivity contribution in [3.8, 4) is 11.5 Å². The largest absolute Gasteiger partial charge is 0.421 e. The summed E-state index contributed by atoms with van der Waals surface area (Å²) in [6.45, 7) is 7.43. The van der Waals surface area contributed by atoms with Gasteiger partial charge in [0, 0.05) is 37.6 Å². The van der Waals surface area contributed by atoms with E-state index in [0.717, 1.165) is 43.9 Å². The molecule has 1 aliphatic rings. The SMILES string of the molecule is CCN1CCC(n2nccc2NC(=O)CCc2nnc(-c3ccc(C)cc3)o2)CC1. The van der Waals surface area contributed by atoms with Gasteiger partial charge in [-0.25, -0.2) is 4.68 Å². The topological polar surface area (TPSA) is 89.1 Å². The van der Waals surface area contributed by atoms with Crippen LogP contribution in [0.3, 0.4) is 0 Å². The van der Waals surface area contributed by atoms with Gasteiger partial charge in [0.15, 0.2) is 0 Å². The van der Waals surface area contributed by atoms with Crippen LogP contribution in [-0.4, -0.2) is 50.4 Å². The number of hydrogen-bond acceptors (Lipinski definition) is 6. The van der Waals surface area contributed by atoms with Crippen LogP contribution in [0.2, 0.25) is 0 Å². The first-order valence-corrected chi connectivity index (χ1v) is 10.6. The minimum Gasteiger partial charge on any atom is -0.421 e. The molecule has 1 amide bonds. The molecular formula is C22H28N6O2. The standard InChI is InChI=1S/C22H28N6O2/c1-3-27-14-11-18(12-15-27)28-19(10-13-23-28)24-20(29)8-9-21-25-26-22(30-21)17-6-4-16(2)5-7-17/h4-7,10,13,18H,3,8-9,11-12,14-15H2,1-2H3,(H,24,29). The van der Waals surface area contributed by atoms with Crippen molar-refractivity contribution < 1.29 is 9.21 Å². The number of likely N-dealkylation sites (tertiary alicyclic amines) is 1. The molecular weight excluding hydrogens is 380 g/mol. The van der Waals surface area contributed by atoms with Gasteiger partial charge in [-0.3, -0.25) is 4.79 Å². The molecule has 1 N–H and O–H groups in total. The summed E-state index contributed by atoms with van der Waals surface area (Å²) < 4.78 is 7.66. The van der Waals surface area contributed by atoms with Gasteiger partial charge < -0.3 is 14.6 Å². The van der Waals surface area contributed by atoms with E-state index in [9.17, 15) is 4.79 Å². The van der Waals surface area contributed by atoms with E-state index in [0.29, 0.717) is 24.2 Å². The van der Waals surface area contributed by atoms with Gasteiger partial charge in [-0.2, -0.15) is 5.10 Å². The molecule has 1 saturated heterocycles. The number of carbonyl (C=O) groups excluding carboxylic acids is 1. The summed E-state index contributed by atoms with van der Waals surface area (Å²) in [6.07, 6.45) is 4.50. The van der Waals surface area contributed by atoms with E-state index in [2.05, 4.69) is 32.4 Å². The predicted octanol–water partition coefficient (Wildman–Crippen LogP) is 3.47. The molecule has 0 unspecified atom stereocenters. The Labute approximate surface area is 176 Å². The number of aromatic nitrogens is 4. The number of hydrogen-bond donors (Lipinski definition) is 1. The van der Waals surface area contributed by atoms with Crippen molar-refractivity contribution in [2.75, 3.05) is 25.0 Å². The number of piperidine rings is 1. The van der Waals surface area contributed by atoms with Crippen LogP contribution in [0, 0.1) is 6.92 Å². The summed E-state index contributed by atoms with van der Waals surface area (Å²) in [4.78, 5) is 14.9. The molecule has 4 rings (SSSR count). The highest BCUT2D eigenvalue weighted by Gasteiger charge is 2.22. The molecule has 158 valence electrons. The molecule has 0 aliphatic carbocycles. The summed E-state index contributed by atoms with van der Waals surface area (Å²) in [6, 6.07) is 10.1. The fourth-order valence-electron chi connectivity index (χ4n) is 3.78. The zero-order chi connectivity index (χ0) is 20.9. The molecule has 3 heterocycles. The molecule has 1 aliphatic heterocycles. The maximum atomic E-state index is 12.5. The number of rotatable bonds is 7. The third kappa shape index (κ3) is 4.76. The second-order valence-electron chi connectivity index (χ2n) is 7.74. The quantitative estimate of drug-likeness (QED) is 0.644. The number of carbonyl (C=O) groups is 1. The first kappa shape index (κ1) is 20.3. The van der Waals surface area contributed by atoms with E-state index < -0.39 is 0 Å². The van der Waals surface area contributed by atoms with E-state index >= 15 is 0 Å². The number of nitrogens with zero attached hydrogens (tertiary/aromatic N) is 5. The molecule has 0 spiro atoms. The van der Waals surface area contributed by atoms with Crippen molar-refractivity contribution in [2.24, 2.45) is 0 Å². The Morgan fingerprint density at radius 1 is 1.17 bits per heavy atom. The van der Waals surface area contributed by atoms with E-state index in [-0.39, 0.29) is 12.3 Å². The smallest absolute Gasteiger partial charge is 0.247 e. The van der Waals surface area contributed by atoms with Crippen LogP contribution in [-0.2, 0) is 11.2 Å². The Bertz CT molecular complexity index is 970. The van der Waals surface area contributed by atoms with Crippen LogP contribution in [0.25, 0.3) is 11.5 Å². The molecule has 1 aromatic carbocycles. The maximum Gasteiger partial charge on any atom is 0.247 e. The summed E-state index contributed by atoms with van der Waals surface area (Å²) in [7, 11) is 0.